The summed E-state index contributed by atoms with van der Waals surface area (Å²) >= 11 is 12.2. The predicted octanol–water partition coefficient (Wildman–Crippen LogP) is 8.24. The third-order valence-corrected chi connectivity index (χ3v) is 5.23. The van der Waals surface area contributed by atoms with Crippen molar-refractivity contribution in [3.63, 3.8) is 0 Å². The van der Waals surface area contributed by atoms with Gasteiger partial charge in [0.05, 0.1) is 22.5 Å². The minimum absolute atomic E-state index is 0.515. The van der Waals surface area contributed by atoms with E-state index >= 15 is 0 Å². The van der Waals surface area contributed by atoms with Gasteiger partial charge in [0.15, 0.2) is 0 Å². The highest BCUT2D eigenvalue weighted by molar-refractivity contribution is 6.36. The van der Waals surface area contributed by atoms with E-state index in [4.69, 9.17) is 23.2 Å². The molecule has 1 aromatic heterocycles. The standard InChI is InChI=1S/C24H15Cl2F3N2/c25-19-9-10-20(21(26)13-19)22-14-30-23(31-22)11-6-15-4-7-16(8-5-15)17-2-1-3-18(12-17)24(27,28)29/h1-14H,(H,30,31). The first-order chi connectivity index (χ1) is 14.8. The molecule has 0 spiro atoms. The fourth-order valence-electron chi connectivity index (χ4n) is 3.10. The lowest BCUT2D eigenvalue weighted by atomic mass is 10.0. The lowest BCUT2D eigenvalue weighted by Gasteiger charge is -2.09. The maximum absolute atomic E-state index is 12.9. The second-order valence-electron chi connectivity index (χ2n) is 6.84. The molecule has 0 unspecified atom stereocenters. The fourth-order valence-corrected chi connectivity index (χ4v) is 3.61. The van der Waals surface area contributed by atoms with Crippen LogP contribution >= 0.6 is 23.2 Å². The molecule has 0 radical (unpaired) electrons. The smallest absolute Gasteiger partial charge is 0.338 e. The molecular formula is C24H15Cl2F3N2. The molecule has 0 aliphatic rings. The number of rotatable bonds is 4. The Morgan fingerprint density at radius 2 is 1.61 bits per heavy atom. The molecule has 0 saturated heterocycles. The van der Waals surface area contributed by atoms with Crippen molar-refractivity contribution >= 4 is 35.4 Å². The predicted molar refractivity (Wildman–Crippen MR) is 120 cm³/mol. The zero-order valence-electron chi connectivity index (χ0n) is 15.9. The zero-order chi connectivity index (χ0) is 22.0. The van der Waals surface area contributed by atoms with Crippen LogP contribution in [0.3, 0.4) is 0 Å². The summed E-state index contributed by atoms with van der Waals surface area (Å²) in [7, 11) is 0. The number of H-pyrrole nitrogens is 1. The molecule has 0 atom stereocenters. The van der Waals surface area contributed by atoms with E-state index in [0.717, 1.165) is 29.0 Å². The number of benzene rings is 3. The summed E-state index contributed by atoms with van der Waals surface area (Å²) in [5.74, 6) is 0.642. The molecule has 156 valence electrons. The third-order valence-electron chi connectivity index (χ3n) is 4.68. The number of alkyl halides is 3. The van der Waals surface area contributed by atoms with Gasteiger partial charge in [-0.3, -0.25) is 0 Å². The summed E-state index contributed by atoms with van der Waals surface area (Å²) < 4.78 is 38.8. The molecular weight excluding hydrogens is 444 g/mol. The largest absolute Gasteiger partial charge is 0.416 e. The van der Waals surface area contributed by atoms with Crippen LogP contribution in [0.5, 0.6) is 0 Å². The number of halogens is 5. The van der Waals surface area contributed by atoms with Gasteiger partial charge in [0, 0.05) is 10.6 Å². The number of nitrogens with zero attached hydrogens (tertiary/aromatic N) is 1. The maximum Gasteiger partial charge on any atom is 0.416 e. The lowest BCUT2D eigenvalue weighted by molar-refractivity contribution is -0.137. The zero-order valence-corrected chi connectivity index (χ0v) is 17.4. The molecule has 0 aliphatic heterocycles. The van der Waals surface area contributed by atoms with E-state index in [1.54, 1.807) is 36.5 Å². The van der Waals surface area contributed by atoms with Gasteiger partial charge in [0.1, 0.15) is 5.82 Å². The van der Waals surface area contributed by atoms with Crippen LogP contribution in [0.25, 0.3) is 34.5 Å². The van der Waals surface area contributed by atoms with Crippen LogP contribution in [-0.2, 0) is 6.18 Å². The van der Waals surface area contributed by atoms with Crippen molar-refractivity contribution in [2.24, 2.45) is 0 Å². The minimum Gasteiger partial charge on any atom is -0.338 e. The van der Waals surface area contributed by atoms with Gasteiger partial charge >= 0.3 is 6.18 Å². The van der Waals surface area contributed by atoms with Gasteiger partial charge in [-0.15, -0.1) is 0 Å². The van der Waals surface area contributed by atoms with Crippen molar-refractivity contribution in [3.8, 4) is 22.4 Å². The summed E-state index contributed by atoms with van der Waals surface area (Å²) in [5, 5.41) is 1.08. The fraction of sp³-hybridized carbons (Fsp3) is 0.0417. The van der Waals surface area contributed by atoms with E-state index in [2.05, 4.69) is 9.97 Å². The van der Waals surface area contributed by atoms with Crippen molar-refractivity contribution in [2.45, 2.75) is 6.18 Å². The highest BCUT2D eigenvalue weighted by atomic mass is 35.5. The van der Waals surface area contributed by atoms with Crippen molar-refractivity contribution in [1.29, 1.82) is 0 Å². The van der Waals surface area contributed by atoms with Crippen LogP contribution in [0, 0.1) is 0 Å². The topological polar surface area (TPSA) is 28.7 Å². The van der Waals surface area contributed by atoms with Gasteiger partial charge in [-0.2, -0.15) is 13.2 Å². The Balaban J connectivity index is 1.50. The van der Waals surface area contributed by atoms with Crippen LogP contribution in [0.4, 0.5) is 13.2 Å². The lowest BCUT2D eigenvalue weighted by Crippen LogP contribution is -2.04. The van der Waals surface area contributed by atoms with Crippen LogP contribution in [0.15, 0.2) is 72.9 Å². The summed E-state index contributed by atoms with van der Waals surface area (Å²) in [4.78, 5) is 7.51. The van der Waals surface area contributed by atoms with E-state index in [1.165, 1.54) is 6.07 Å². The number of aromatic amines is 1. The molecule has 7 heteroatoms. The minimum atomic E-state index is -4.36. The number of aromatic nitrogens is 2. The molecule has 4 aromatic rings. The van der Waals surface area contributed by atoms with Crippen molar-refractivity contribution in [3.05, 3.63) is 99.9 Å². The van der Waals surface area contributed by atoms with Gasteiger partial charge in [-0.25, -0.2) is 4.98 Å². The molecule has 31 heavy (non-hydrogen) atoms. The highest BCUT2D eigenvalue weighted by Gasteiger charge is 2.30. The first-order valence-electron chi connectivity index (χ1n) is 9.26. The summed E-state index contributed by atoms with van der Waals surface area (Å²) in [5.41, 5.74) is 3.01. The van der Waals surface area contributed by atoms with E-state index in [9.17, 15) is 13.2 Å². The van der Waals surface area contributed by atoms with Crippen molar-refractivity contribution in [1.82, 2.24) is 9.97 Å². The Morgan fingerprint density at radius 1 is 0.839 bits per heavy atom. The van der Waals surface area contributed by atoms with Gasteiger partial charge in [-0.05, 0) is 53.1 Å². The molecule has 3 aromatic carbocycles. The summed E-state index contributed by atoms with van der Waals surface area (Å²) in [6, 6.07) is 17.8. The van der Waals surface area contributed by atoms with Crippen LogP contribution in [0.1, 0.15) is 17.0 Å². The van der Waals surface area contributed by atoms with Crippen LogP contribution in [0.2, 0.25) is 10.0 Å². The quantitative estimate of drug-likeness (QED) is 0.327. The molecule has 4 rings (SSSR count). The van der Waals surface area contributed by atoms with E-state index in [0.29, 0.717) is 27.0 Å². The Morgan fingerprint density at radius 3 is 2.32 bits per heavy atom. The van der Waals surface area contributed by atoms with Gasteiger partial charge in [-0.1, -0.05) is 65.7 Å². The monoisotopic (exact) mass is 458 g/mol. The maximum atomic E-state index is 12.9. The number of hydrogen-bond donors (Lipinski definition) is 1. The summed E-state index contributed by atoms with van der Waals surface area (Å²) in [6.07, 6.45) is 0.997. The van der Waals surface area contributed by atoms with Gasteiger partial charge < -0.3 is 4.98 Å². The van der Waals surface area contributed by atoms with Gasteiger partial charge in [0.25, 0.3) is 0 Å². The first kappa shape index (κ1) is 21.2. The molecule has 0 fully saturated rings. The second-order valence-corrected chi connectivity index (χ2v) is 7.68. The molecule has 1 N–H and O–H groups in total. The molecule has 0 bridgehead atoms. The number of hydrogen-bond acceptors (Lipinski definition) is 1. The van der Waals surface area contributed by atoms with Crippen LogP contribution in [-0.4, -0.2) is 9.97 Å². The van der Waals surface area contributed by atoms with Crippen molar-refractivity contribution in [2.75, 3.05) is 0 Å². The molecule has 1 heterocycles. The Bertz CT molecular complexity index is 1240. The number of imidazole rings is 1. The Labute approximate surface area is 187 Å². The molecule has 0 amide bonds. The molecule has 0 saturated carbocycles. The molecule has 0 aliphatic carbocycles. The van der Waals surface area contributed by atoms with E-state index in [1.807, 2.05) is 30.4 Å². The average Bonchev–Trinajstić information content (AvgIpc) is 3.21. The SMILES string of the molecule is FC(F)(F)c1cccc(-c2ccc(C=Cc3ncc(-c4ccc(Cl)cc4Cl)[nH]3)cc2)c1. The Kier molecular flexibility index (Phi) is 5.90. The highest BCUT2D eigenvalue weighted by Crippen LogP contribution is 2.32. The summed E-state index contributed by atoms with van der Waals surface area (Å²) in [6.45, 7) is 0. The molecule has 2 nitrogen and oxygen atoms in total. The van der Waals surface area contributed by atoms with Gasteiger partial charge in [0.2, 0.25) is 0 Å². The normalized spacial score (nSPS) is 11.9. The van der Waals surface area contributed by atoms with E-state index < -0.39 is 11.7 Å². The Hall–Kier alpha value is -3.02. The van der Waals surface area contributed by atoms with Crippen molar-refractivity contribution < 1.29 is 13.2 Å². The third kappa shape index (κ3) is 5.01. The number of nitrogens with one attached hydrogen (secondary N) is 1. The average molecular weight is 459 g/mol. The van der Waals surface area contributed by atoms with Crippen LogP contribution < -0.4 is 0 Å². The van der Waals surface area contributed by atoms with E-state index in [-0.39, 0.29) is 0 Å². The first-order valence-corrected chi connectivity index (χ1v) is 10.0. The second kappa shape index (κ2) is 8.61.